The molecule has 0 spiro atoms. The molecule has 7 nitrogen and oxygen atoms in total. The van der Waals surface area contributed by atoms with Crippen LogP contribution in [0.5, 0.6) is 0 Å². The van der Waals surface area contributed by atoms with Crippen molar-refractivity contribution in [3.05, 3.63) is 89.0 Å². The van der Waals surface area contributed by atoms with Crippen LogP contribution in [0.1, 0.15) is 27.0 Å². The first-order valence-corrected chi connectivity index (χ1v) is 11.4. The summed E-state index contributed by atoms with van der Waals surface area (Å²) in [5, 5.41) is 2.67. The molecule has 8 heteroatoms. The molecule has 0 aliphatic heterocycles. The van der Waals surface area contributed by atoms with Gasteiger partial charge in [0.2, 0.25) is 11.8 Å². The van der Waals surface area contributed by atoms with Gasteiger partial charge in [-0.15, -0.1) is 0 Å². The maximum Gasteiger partial charge on any atom is 0.264 e. The van der Waals surface area contributed by atoms with Crippen LogP contribution in [0, 0.1) is 20.8 Å². The molecule has 2 amide bonds. The number of amides is 2. The van der Waals surface area contributed by atoms with Gasteiger partial charge >= 0.3 is 0 Å². The molecule has 3 rings (SSSR count). The minimum atomic E-state index is -4.00. The fourth-order valence-electron chi connectivity index (χ4n) is 3.27. The van der Waals surface area contributed by atoms with Gasteiger partial charge in [0.1, 0.15) is 6.54 Å². The van der Waals surface area contributed by atoms with Crippen molar-refractivity contribution in [2.45, 2.75) is 25.7 Å². The largest absolute Gasteiger partial charge is 0.366 e. The van der Waals surface area contributed by atoms with Gasteiger partial charge in [0.25, 0.3) is 10.0 Å². The zero-order chi connectivity index (χ0) is 23.5. The molecule has 0 radical (unpaired) electrons. The number of benzene rings is 3. The summed E-state index contributed by atoms with van der Waals surface area (Å²) in [5.74, 6) is -1.10. The van der Waals surface area contributed by atoms with E-state index in [0.29, 0.717) is 16.9 Å². The molecular formula is C24H25N3O4S. The summed E-state index contributed by atoms with van der Waals surface area (Å²) in [4.78, 5) is 24.1. The highest BCUT2D eigenvalue weighted by atomic mass is 32.2. The van der Waals surface area contributed by atoms with Gasteiger partial charge in [0.05, 0.1) is 10.6 Å². The Morgan fingerprint density at radius 3 is 2.03 bits per heavy atom. The van der Waals surface area contributed by atoms with Crippen LogP contribution in [0.2, 0.25) is 0 Å². The zero-order valence-corrected chi connectivity index (χ0v) is 18.9. The molecule has 0 aromatic heterocycles. The molecule has 0 atom stereocenters. The number of primary amides is 1. The lowest BCUT2D eigenvalue weighted by atomic mass is 10.1. The number of hydrogen-bond donors (Lipinski definition) is 2. The summed E-state index contributed by atoms with van der Waals surface area (Å²) < 4.78 is 28.1. The summed E-state index contributed by atoms with van der Waals surface area (Å²) in [6, 6.07) is 17.9. The lowest BCUT2D eigenvalue weighted by molar-refractivity contribution is -0.114. The Hall–Kier alpha value is -3.65. The quantitative estimate of drug-likeness (QED) is 0.572. The molecule has 3 aromatic rings. The van der Waals surface area contributed by atoms with Crippen LogP contribution in [0.4, 0.5) is 11.4 Å². The average Bonchev–Trinajstić information content (AvgIpc) is 2.73. The van der Waals surface area contributed by atoms with Gasteiger partial charge in [-0.05, 0) is 68.8 Å². The van der Waals surface area contributed by atoms with E-state index in [-0.39, 0.29) is 4.90 Å². The van der Waals surface area contributed by atoms with Gasteiger partial charge in [-0.1, -0.05) is 35.4 Å². The number of nitrogens with zero attached hydrogens (tertiary/aromatic N) is 1. The normalized spacial score (nSPS) is 11.1. The number of nitrogens with one attached hydrogen (secondary N) is 1. The fourth-order valence-corrected chi connectivity index (χ4v) is 4.76. The zero-order valence-electron chi connectivity index (χ0n) is 18.1. The Balaban J connectivity index is 1.94. The van der Waals surface area contributed by atoms with Crippen molar-refractivity contribution in [1.29, 1.82) is 0 Å². The summed E-state index contributed by atoms with van der Waals surface area (Å²) in [6.45, 7) is 5.17. The Bertz CT molecular complexity index is 1250. The van der Waals surface area contributed by atoms with Crippen LogP contribution in [-0.2, 0) is 14.8 Å². The second kappa shape index (κ2) is 9.23. The monoisotopic (exact) mass is 451 g/mol. The first-order chi connectivity index (χ1) is 15.1. The second-order valence-corrected chi connectivity index (χ2v) is 9.47. The van der Waals surface area contributed by atoms with Crippen LogP contribution in [0.3, 0.4) is 0 Å². The van der Waals surface area contributed by atoms with Gasteiger partial charge in [-0.2, -0.15) is 0 Å². The predicted molar refractivity (Wildman–Crippen MR) is 125 cm³/mol. The predicted octanol–water partition coefficient (Wildman–Crippen LogP) is 3.54. The Morgan fingerprint density at radius 2 is 1.47 bits per heavy atom. The van der Waals surface area contributed by atoms with Crippen molar-refractivity contribution in [3.63, 3.8) is 0 Å². The van der Waals surface area contributed by atoms with E-state index in [9.17, 15) is 18.0 Å². The highest BCUT2D eigenvalue weighted by molar-refractivity contribution is 7.92. The molecule has 166 valence electrons. The number of rotatable bonds is 7. The summed E-state index contributed by atoms with van der Waals surface area (Å²) in [6.07, 6.45) is 0. The number of carbonyl (C=O) groups is 2. The SMILES string of the molecule is Cc1ccc(S(=O)(=O)N(CC(=O)Nc2ccc(C(N)=O)cc2)c2ccc(C)cc2C)cc1. The summed E-state index contributed by atoms with van der Waals surface area (Å²) >= 11 is 0. The maximum atomic E-state index is 13.5. The Labute approximate surface area is 187 Å². The summed E-state index contributed by atoms with van der Waals surface area (Å²) in [5.41, 5.74) is 9.04. The van der Waals surface area contributed by atoms with Crippen molar-refractivity contribution < 1.29 is 18.0 Å². The van der Waals surface area contributed by atoms with Crippen LogP contribution >= 0.6 is 0 Å². The van der Waals surface area contributed by atoms with Crippen molar-refractivity contribution in [2.24, 2.45) is 5.73 Å². The molecule has 32 heavy (non-hydrogen) atoms. The number of hydrogen-bond acceptors (Lipinski definition) is 4. The highest BCUT2D eigenvalue weighted by Crippen LogP contribution is 2.28. The van der Waals surface area contributed by atoms with Gasteiger partial charge < -0.3 is 11.1 Å². The summed E-state index contributed by atoms with van der Waals surface area (Å²) in [7, 11) is -4.00. The second-order valence-electron chi connectivity index (χ2n) is 7.60. The van der Waals surface area contributed by atoms with Crippen LogP contribution in [0.25, 0.3) is 0 Å². The number of nitrogens with two attached hydrogens (primary N) is 1. The Morgan fingerprint density at radius 1 is 0.875 bits per heavy atom. The number of sulfonamides is 1. The lowest BCUT2D eigenvalue weighted by Crippen LogP contribution is -2.38. The van der Waals surface area contributed by atoms with E-state index in [1.165, 1.54) is 36.4 Å². The number of anilines is 2. The lowest BCUT2D eigenvalue weighted by Gasteiger charge is -2.26. The van der Waals surface area contributed by atoms with Gasteiger partial charge in [-0.3, -0.25) is 13.9 Å². The van der Waals surface area contributed by atoms with E-state index in [2.05, 4.69) is 5.32 Å². The molecule has 0 fully saturated rings. The highest BCUT2D eigenvalue weighted by Gasteiger charge is 2.28. The van der Waals surface area contributed by atoms with Gasteiger partial charge in [0, 0.05) is 11.3 Å². The third-order valence-corrected chi connectivity index (χ3v) is 6.74. The van der Waals surface area contributed by atoms with E-state index in [1.807, 2.05) is 19.9 Å². The molecule has 0 aliphatic carbocycles. The van der Waals surface area contributed by atoms with E-state index >= 15 is 0 Å². The molecule has 3 aromatic carbocycles. The molecule has 3 N–H and O–H groups in total. The third-order valence-electron chi connectivity index (χ3n) is 4.97. The number of aryl methyl sites for hydroxylation is 3. The molecular weight excluding hydrogens is 426 g/mol. The van der Waals surface area contributed by atoms with E-state index in [1.54, 1.807) is 31.2 Å². The van der Waals surface area contributed by atoms with Crippen molar-refractivity contribution in [2.75, 3.05) is 16.2 Å². The number of carbonyl (C=O) groups excluding carboxylic acids is 2. The first kappa shape index (κ1) is 23.0. The van der Waals surface area contributed by atoms with E-state index in [4.69, 9.17) is 5.73 Å². The van der Waals surface area contributed by atoms with Crippen molar-refractivity contribution in [1.82, 2.24) is 0 Å². The van der Waals surface area contributed by atoms with Crippen molar-refractivity contribution >= 4 is 33.2 Å². The first-order valence-electron chi connectivity index (χ1n) is 9.94. The van der Waals surface area contributed by atoms with Gasteiger partial charge in [0.15, 0.2) is 0 Å². The minimum Gasteiger partial charge on any atom is -0.366 e. The van der Waals surface area contributed by atoms with Crippen LogP contribution in [-0.4, -0.2) is 26.8 Å². The van der Waals surface area contributed by atoms with E-state index < -0.39 is 28.4 Å². The maximum absolute atomic E-state index is 13.5. The fraction of sp³-hybridized carbons (Fsp3) is 0.167. The van der Waals surface area contributed by atoms with Crippen molar-refractivity contribution in [3.8, 4) is 0 Å². The minimum absolute atomic E-state index is 0.0988. The molecule has 0 aliphatic rings. The molecule has 0 saturated carbocycles. The topological polar surface area (TPSA) is 110 Å². The van der Waals surface area contributed by atoms with E-state index in [0.717, 1.165) is 21.0 Å². The molecule has 0 bridgehead atoms. The Kier molecular flexibility index (Phi) is 6.64. The smallest absolute Gasteiger partial charge is 0.264 e. The standard InChI is InChI=1S/C24H25N3O4S/c1-16-4-11-21(12-5-16)32(30,31)27(22-13-6-17(2)14-18(22)3)15-23(28)26-20-9-7-19(8-10-20)24(25)29/h4-14H,15H2,1-3H3,(H2,25,29)(H,26,28). The average molecular weight is 452 g/mol. The van der Waals surface area contributed by atoms with Crippen LogP contribution < -0.4 is 15.4 Å². The van der Waals surface area contributed by atoms with Crippen LogP contribution in [0.15, 0.2) is 71.6 Å². The molecule has 0 heterocycles. The third kappa shape index (κ3) is 5.15. The molecule has 0 unspecified atom stereocenters. The van der Waals surface area contributed by atoms with Gasteiger partial charge in [-0.25, -0.2) is 8.42 Å². The molecule has 0 saturated heterocycles.